The van der Waals surface area contributed by atoms with Gasteiger partial charge in [-0.05, 0) is 56.4 Å². The standard InChI is InChI=1S/C20H24O6/c1-19-8-10-20(11-9-19,18(22)26-19)13-25-16-12-14(4-6-15(16)23-2)5-7-17(21)24-3/h4-7,12H,8-11,13H2,1-3H3/b7-5+. The fraction of sp³-hybridized carbons (Fsp3) is 0.500. The van der Waals surface area contributed by atoms with Gasteiger partial charge in [-0.2, -0.15) is 0 Å². The molecule has 0 amide bonds. The molecule has 0 N–H and O–H groups in total. The third-order valence-electron chi connectivity index (χ3n) is 5.34. The third kappa shape index (κ3) is 3.54. The van der Waals surface area contributed by atoms with E-state index < -0.39 is 11.4 Å². The summed E-state index contributed by atoms with van der Waals surface area (Å²) in [5.74, 6) is 0.498. The highest BCUT2D eigenvalue weighted by Crippen LogP contribution is 2.49. The van der Waals surface area contributed by atoms with Crippen LogP contribution >= 0.6 is 0 Å². The first-order valence-corrected chi connectivity index (χ1v) is 8.70. The van der Waals surface area contributed by atoms with Crippen LogP contribution in [0.25, 0.3) is 6.08 Å². The number of benzene rings is 1. The molecule has 3 aliphatic rings. The Morgan fingerprint density at radius 1 is 1.19 bits per heavy atom. The first kappa shape index (κ1) is 18.3. The molecule has 1 aliphatic carbocycles. The number of hydrogen-bond donors (Lipinski definition) is 0. The molecule has 2 bridgehead atoms. The van der Waals surface area contributed by atoms with E-state index in [2.05, 4.69) is 4.74 Å². The number of ether oxygens (including phenoxy) is 4. The molecule has 2 saturated heterocycles. The normalized spacial score (nSPS) is 27.3. The smallest absolute Gasteiger partial charge is 0.330 e. The molecule has 0 spiro atoms. The van der Waals surface area contributed by atoms with Crippen molar-refractivity contribution in [3.8, 4) is 11.5 Å². The van der Waals surface area contributed by atoms with E-state index in [1.807, 2.05) is 13.0 Å². The molecule has 26 heavy (non-hydrogen) atoms. The van der Waals surface area contributed by atoms with Gasteiger partial charge in [-0.3, -0.25) is 4.79 Å². The van der Waals surface area contributed by atoms with Crippen molar-refractivity contribution in [2.45, 2.75) is 38.2 Å². The maximum atomic E-state index is 12.4. The lowest BCUT2D eigenvalue weighted by Gasteiger charge is -2.49. The van der Waals surface area contributed by atoms with Gasteiger partial charge in [-0.25, -0.2) is 4.79 Å². The summed E-state index contributed by atoms with van der Waals surface area (Å²) in [5.41, 5.74) is -0.124. The zero-order valence-electron chi connectivity index (χ0n) is 15.4. The zero-order valence-corrected chi connectivity index (χ0v) is 15.4. The number of fused-ring (bicyclic) bond motifs is 3. The summed E-state index contributed by atoms with van der Waals surface area (Å²) >= 11 is 0. The number of methoxy groups -OCH3 is 2. The minimum Gasteiger partial charge on any atom is -0.493 e. The van der Waals surface area contributed by atoms with Crippen molar-refractivity contribution in [2.24, 2.45) is 5.41 Å². The van der Waals surface area contributed by atoms with Gasteiger partial charge >= 0.3 is 11.9 Å². The molecule has 140 valence electrons. The van der Waals surface area contributed by atoms with E-state index in [9.17, 15) is 9.59 Å². The van der Waals surface area contributed by atoms with Crippen LogP contribution in [0.2, 0.25) is 0 Å². The van der Waals surface area contributed by atoms with Crippen LogP contribution < -0.4 is 9.47 Å². The van der Waals surface area contributed by atoms with E-state index in [4.69, 9.17) is 14.2 Å². The molecule has 6 heteroatoms. The molecule has 1 saturated carbocycles. The molecule has 1 aromatic carbocycles. The summed E-state index contributed by atoms with van der Waals surface area (Å²) in [7, 11) is 2.89. The molecular formula is C20H24O6. The van der Waals surface area contributed by atoms with Crippen molar-refractivity contribution in [3.05, 3.63) is 29.8 Å². The van der Waals surface area contributed by atoms with E-state index in [0.717, 1.165) is 31.2 Å². The van der Waals surface area contributed by atoms with Gasteiger partial charge < -0.3 is 18.9 Å². The lowest BCUT2D eigenvalue weighted by atomic mass is 9.66. The molecule has 1 aromatic rings. The van der Waals surface area contributed by atoms with Crippen molar-refractivity contribution >= 4 is 18.0 Å². The Morgan fingerprint density at radius 2 is 1.92 bits per heavy atom. The van der Waals surface area contributed by atoms with E-state index in [1.165, 1.54) is 13.2 Å². The van der Waals surface area contributed by atoms with Gasteiger partial charge in [0, 0.05) is 6.08 Å². The third-order valence-corrected chi connectivity index (χ3v) is 5.34. The molecule has 0 aromatic heterocycles. The summed E-state index contributed by atoms with van der Waals surface area (Å²) < 4.78 is 21.5. The summed E-state index contributed by atoms with van der Waals surface area (Å²) in [6.45, 7) is 2.25. The van der Waals surface area contributed by atoms with Crippen molar-refractivity contribution in [1.82, 2.24) is 0 Å². The molecule has 2 aliphatic heterocycles. The SMILES string of the molecule is COC(=O)/C=C/c1ccc(OC)c(OCC23CCC(C)(CC2)OC3=O)c1. The Labute approximate surface area is 153 Å². The van der Waals surface area contributed by atoms with E-state index in [1.54, 1.807) is 25.3 Å². The number of rotatable bonds is 6. The summed E-state index contributed by atoms with van der Waals surface area (Å²) in [4.78, 5) is 23.7. The number of carbonyl (C=O) groups excluding carboxylic acids is 2. The fourth-order valence-electron chi connectivity index (χ4n) is 3.46. The molecule has 0 radical (unpaired) electrons. The average molecular weight is 360 g/mol. The van der Waals surface area contributed by atoms with E-state index >= 15 is 0 Å². The van der Waals surface area contributed by atoms with Crippen LogP contribution in [0.15, 0.2) is 24.3 Å². The molecule has 2 heterocycles. The highest BCUT2D eigenvalue weighted by Gasteiger charge is 2.54. The van der Waals surface area contributed by atoms with Gasteiger partial charge in [0.15, 0.2) is 11.5 Å². The van der Waals surface area contributed by atoms with Crippen molar-refractivity contribution in [3.63, 3.8) is 0 Å². The number of esters is 2. The highest BCUT2D eigenvalue weighted by molar-refractivity contribution is 5.87. The largest absolute Gasteiger partial charge is 0.493 e. The quantitative estimate of drug-likeness (QED) is 0.573. The van der Waals surface area contributed by atoms with Crippen LogP contribution in [-0.4, -0.2) is 38.4 Å². The maximum Gasteiger partial charge on any atom is 0.330 e. The van der Waals surface area contributed by atoms with Crippen LogP contribution in [0.5, 0.6) is 11.5 Å². The van der Waals surface area contributed by atoms with Crippen LogP contribution in [0.1, 0.15) is 38.2 Å². The Balaban J connectivity index is 1.75. The summed E-state index contributed by atoms with van der Waals surface area (Å²) in [6, 6.07) is 5.35. The highest BCUT2D eigenvalue weighted by atomic mass is 16.6. The van der Waals surface area contributed by atoms with Gasteiger partial charge in [0.05, 0.1) is 14.2 Å². The Hall–Kier alpha value is -2.50. The molecule has 0 atom stereocenters. The first-order chi connectivity index (χ1) is 12.4. The van der Waals surface area contributed by atoms with Crippen molar-refractivity contribution in [2.75, 3.05) is 20.8 Å². The molecule has 4 rings (SSSR count). The van der Waals surface area contributed by atoms with Gasteiger partial charge in [-0.15, -0.1) is 0 Å². The molecule has 6 nitrogen and oxygen atoms in total. The minimum atomic E-state index is -0.583. The molecule has 3 fully saturated rings. The van der Waals surface area contributed by atoms with Crippen LogP contribution in [0.4, 0.5) is 0 Å². The average Bonchev–Trinajstić information content (AvgIpc) is 2.65. The maximum absolute atomic E-state index is 12.4. The predicted molar refractivity (Wildman–Crippen MR) is 94.9 cm³/mol. The summed E-state index contributed by atoms with van der Waals surface area (Å²) in [6.07, 6.45) is 6.24. The van der Waals surface area contributed by atoms with Crippen molar-refractivity contribution < 1.29 is 28.5 Å². The van der Waals surface area contributed by atoms with Crippen LogP contribution in [-0.2, 0) is 19.1 Å². The second kappa shape index (κ2) is 7.02. The Kier molecular flexibility index (Phi) is 4.94. The fourth-order valence-corrected chi connectivity index (χ4v) is 3.46. The number of hydrogen-bond acceptors (Lipinski definition) is 6. The van der Waals surface area contributed by atoms with E-state index in [0.29, 0.717) is 11.5 Å². The Bertz CT molecular complexity index is 728. The van der Waals surface area contributed by atoms with Crippen molar-refractivity contribution in [1.29, 1.82) is 0 Å². The van der Waals surface area contributed by atoms with E-state index in [-0.39, 0.29) is 18.2 Å². The predicted octanol–water partition coefficient (Wildman–Crippen LogP) is 3.14. The number of carbonyl (C=O) groups is 2. The molecule has 0 unspecified atom stereocenters. The summed E-state index contributed by atoms with van der Waals surface area (Å²) in [5, 5.41) is 0. The van der Waals surface area contributed by atoms with Gasteiger partial charge in [0.1, 0.15) is 17.6 Å². The van der Waals surface area contributed by atoms with Crippen LogP contribution in [0, 0.1) is 5.41 Å². The Morgan fingerprint density at radius 3 is 2.54 bits per heavy atom. The van der Waals surface area contributed by atoms with Crippen LogP contribution in [0.3, 0.4) is 0 Å². The molecular weight excluding hydrogens is 336 g/mol. The second-order valence-corrected chi connectivity index (χ2v) is 7.18. The van der Waals surface area contributed by atoms with Gasteiger partial charge in [0.2, 0.25) is 0 Å². The first-order valence-electron chi connectivity index (χ1n) is 8.70. The topological polar surface area (TPSA) is 71.1 Å². The lowest BCUT2D eigenvalue weighted by Crippen LogP contribution is -2.55. The monoisotopic (exact) mass is 360 g/mol. The minimum absolute atomic E-state index is 0.168. The second-order valence-electron chi connectivity index (χ2n) is 7.18. The lowest BCUT2D eigenvalue weighted by molar-refractivity contribution is -0.203. The zero-order chi connectivity index (χ0) is 18.8. The van der Waals surface area contributed by atoms with Gasteiger partial charge in [0.25, 0.3) is 0 Å². The van der Waals surface area contributed by atoms with Gasteiger partial charge in [-0.1, -0.05) is 6.07 Å².